The molecular formula is C11H16F2N4O2. The Hall–Kier alpha value is -1.73. The zero-order chi connectivity index (χ0) is 14.3. The second-order valence-corrected chi connectivity index (χ2v) is 5.84. The summed E-state index contributed by atoms with van der Waals surface area (Å²) in [6.45, 7) is 3.33. The van der Waals surface area contributed by atoms with E-state index in [1.807, 2.05) is 0 Å². The third kappa shape index (κ3) is 2.82. The van der Waals surface area contributed by atoms with Gasteiger partial charge in [0, 0.05) is 30.0 Å². The molecule has 19 heavy (non-hydrogen) atoms. The largest absolute Gasteiger partial charge is 0.465 e. The topological polar surface area (TPSA) is 90.9 Å². The van der Waals surface area contributed by atoms with Gasteiger partial charge in [-0.1, -0.05) is 5.21 Å². The summed E-state index contributed by atoms with van der Waals surface area (Å²) in [5.41, 5.74) is -1.19. The third-order valence-electron chi connectivity index (χ3n) is 3.38. The molecule has 0 spiro atoms. The van der Waals surface area contributed by atoms with Crippen molar-refractivity contribution in [3.63, 3.8) is 0 Å². The Kier molecular flexibility index (Phi) is 2.98. The van der Waals surface area contributed by atoms with Gasteiger partial charge in [-0.25, -0.2) is 13.6 Å². The molecule has 1 aromatic rings. The number of amides is 1. The van der Waals surface area contributed by atoms with E-state index < -0.39 is 23.0 Å². The minimum absolute atomic E-state index is 0.244. The lowest BCUT2D eigenvalue weighted by Crippen LogP contribution is -2.56. The van der Waals surface area contributed by atoms with Crippen molar-refractivity contribution >= 4 is 6.09 Å². The quantitative estimate of drug-likeness (QED) is 0.782. The van der Waals surface area contributed by atoms with E-state index in [-0.39, 0.29) is 19.3 Å². The number of halogens is 2. The Morgan fingerprint density at radius 2 is 2.21 bits per heavy atom. The summed E-state index contributed by atoms with van der Waals surface area (Å²) in [6, 6.07) is 0. The first-order chi connectivity index (χ1) is 8.64. The third-order valence-corrected chi connectivity index (χ3v) is 3.38. The molecule has 106 valence electrons. The van der Waals surface area contributed by atoms with Gasteiger partial charge in [-0.05, 0) is 20.3 Å². The predicted molar refractivity (Wildman–Crippen MR) is 62.1 cm³/mol. The average molecular weight is 274 g/mol. The van der Waals surface area contributed by atoms with Crippen molar-refractivity contribution in [3.8, 4) is 0 Å². The van der Waals surface area contributed by atoms with E-state index in [0.717, 1.165) is 0 Å². The molecule has 0 radical (unpaired) electrons. The van der Waals surface area contributed by atoms with Gasteiger partial charge in [0.1, 0.15) is 0 Å². The first-order valence-corrected chi connectivity index (χ1v) is 5.90. The Bertz CT molecular complexity index is 465. The van der Waals surface area contributed by atoms with Crippen LogP contribution in [0.2, 0.25) is 0 Å². The molecule has 0 aromatic carbocycles. The van der Waals surface area contributed by atoms with Gasteiger partial charge in [0.15, 0.2) is 0 Å². The molecular weight excluding hydrogens is 258 g/mol. The van der Waals surface area contributed by atoms with Crippen molar-refractivity contribution in [3.05, 3.63) is 11.9 Å². The first-order valence-electron chi connectivity index (χ1n) is 5.90. The lowest BCUT2D eigenvalue weighted by Gasteiger charge is -2.49. The summed E-state index contributed by atoms with van der Waals surface area (Å²) in [5.74, 6) is -2.72. The van der Waals surface area contributed by atoms with Crippen LogP contribution in [0.4, 0.5) is 13.6 Å². The second kappa shape index (κ2) is 4.14. The Labute approximate surface area is 108 Å². The molecule has 2 rings (SSSR count). The van der Waals surface area contributed by atoms with Crippen LogP contribution in [0.3, 0.4) is 0 Å². The zero-order valence-electron chi connectivity index (χ0n) is 10.7. The van der Waals surface area contributed by atoms with Crippen LogP contribution in [0.25, 0.3) is 0 Å². The number of carbonyl (C=O) groups is 1. The number of alkyl halides is 2. The van der Waals surface area contributed by atoms with Gasteiger partial charge in [0.2, 0.25) is 5.92 Å². The number of nitrogens with zero attached hydrogens (tertiary/aromatic N) is 2. The molecule has 3 N–H and O–H groups in total. The lowest BCUT2D eigenvalue weighted by atomic mass is 9.59. The van der Waals surface area contributed by atoms with Crippen molar-refractivity contribution in [1.29, 1.82) is 0 Å². The Balaban J connectivity index is 2.20. The van der Waals surface area contributed by atoms with Crippen LogP contribution in [-0.4, -0.2) is 38.1 Å². The highest BCUT2D eigenvalue weighted by molar-refractivity contribution is 5.65. The maximum absolute atomic E-state index is 13.3. The van der Waals surface area contributed by atoms with Crippen molar-refractivity contribution in [2.45, 2.75) is 50.0 Å². The summed E-state index contributed by atoms with van der Waals surface area (Å²) >= 11 is 0. The molecule has 0 aliphatic heterocycles. The zero-order valence-corrected chi connectivity index (χ0v) is 10.7. The van der Waals surface area contributed by atoms with Crippen LogP contribution < -0.4 is 5.32 Å². The number of rotatable bonds is 4. The molecule has 1 fully saturated rings. The number of H-pyrrole nitrogens is 1. The van der Waals surface area contributed by atoms with E-state index in [1.165, 1.54) is 6.20 Å². The van der Waals surface area contributed by atoms with Gasteiger partial charge in [0.05, 0.1) is 5.69 Å². The summed E-state index contributed by atoms with van der Waals surface area (Å²) in [4.78, 5) is 10.7. The number of hydrogen-bond acceptors (Lipinski definition) is 3. The van der Waals surface area contributed by atoms with E-state index in [4.69, 9.17) is 5.11 Å². The van der Waals surface area contributed by atoms with Crippen molar-refractivity contribution < 1.29 is 18.7 Å². The molecule has 1 aliphatic carbocycles. The van der Waals surface area contributed by atoms with Crippen molar-refractivity contribution in [1.82, 2.24) is 20.7 Å². The molecule has 0 bridgehead atoms. The first kappa shape index (κ1) is 13.7. The van der Waals surface area contributed by atoms with E-state index in [1.54, 1.807) is 13.8 Å². The van der Waals surface area contributed by atoms with Crippen LogP contribution in [0, 0.1) is 0 Å². The lowest BCUT2D eigenvalue weighted by molar-refractivity contribution is -0.135. The maximum atomic E-state index is 13.3. The van der Waals surface area contributed by atoms with E-state index in [9.17, 15) is 13.6 Å². The van der Waals surface area contributed by atoms with Crippen molar-refractivity contribution in [2.24, 2.45) is 0 Å². The molecule has 0 atom stereocenters. The Morgan fingerprint density at radius 1 is 1.58 bits per heavy atom. The molecule has 1 heterocycles. The van der Waals surface area contributed by atoms with Crippen LogP contribution in [0.15, 0.2) is 6.20 Å². The van der Waals surface area contributed by atoms with E-state index in [2.05, 4.69) is 20.7 Å². The van der Waals surface area contributed by atoms with Crippen LogP contribution in [0.1, 0.15) is 38.8 Å². The fourth-order valence-corrected chi connectivity index (χ4v) is 2.98. The van der Waals surface area contributed by atoms with Gasteiger partial charge < -0.3 is 10.4 Å². The van der Waals surface area contributed by atoms with Gasteiger partial charge in [-0.2, -0.15) is 0 Å². The highest BCUT2D eigenvalue weighted by Crippen LogP contribution is 2.56. The molecule has 1 aromatic heterocycles. The van der Waals surface area contributed by atoms with Crippen LogP contribution in [-0.2, 0) is 5.41 Å². The summed E-state index contributed by atoms with van der Waals surface area (Å²) in [7, 11) is 0. The second-order valence-electron chi connectivity index (χ2n) is 5.84. The van der Waals surface area contributed by atoms with Gasteiger partial charge in [0.25, 0.3) is 0 Å². The fraction of sp³-hybridized carbons (Fsp3) is 0.727. The number of hydrogen-bond donors (Lipinski definition) is 3. The fourth-order valence-electron chi connectivity index (χ4n) is 2.98. The van der Waals surface area contributed by atoms with Crippen molar-refractivity contribution in [2.75, 3.05) is 0 Å². The summed E-state index contributed by atoms with van der Waals surface area (Å²) in [6.07, 6.45) is -0.110. The summed E-state index contributed by atoms with van der Waals surface area (Å²) < 4.78 is 26.5. The molecule has 6 nitrogen and oxygen atoms in total. The normalized spacial score (nSPS) is 20.6. The number of carboxylic acid groups (broad SMARTS) is 1. The Morgan fingerprint density at radius 3 is 2.63 bits per heavy atom. The van der Waals surface area contributed by atoms with E-state index >= 15 is 0 Å². The SMILES string of the molecule is CC(C)(CC1(c2c[nH]nn2)CC(F)(F)C1)NC(=O)O. The minimum Gasteiger partial charge on any atom is -0.465 e. The standard InChI is InChI=1S/C11H16F2N4O2/c1-9(2,15-8(18)19)4-10(5-11(12,13)6-10)7-3-14-17-16-7/h3,15H,4-6H2,1-2H3,(H,18,19)(H,14,16,17). The molecule has 0 unspecified atom stereocenters. The maximum Gasteiger partial charge on any atom is 0.405 e. The summed E-state index contributed by atoms with van der Waals surface area (Å²) in [5, 5.41) is 21.0. The number of aromatic amines is 1. The van der Waals surface area contributed by atoms with Gasteiger partial charge in [-0.15, -0.1) is 5.10 Å². The highest BCUT2D eigenvalue weighted by Gasteiger charge is 2.60. The molecule has 1 amide bonds. The monoisotopic (exact) mass is 274 g/mol. The van der Waals surface area contributed by atoms with Crippen LogP contribution >= 0.6 is 0 Å². The average Bonchev–Trinajstić information content (AvgIpc) is 2.62. The smallest absolute Gasteiger partial charge is 0.405 e. The van der Waals surface area contributed by atoms with Gasteiger partial charge in [-0.3, -0.25) is 5.10 Å². The molecule has 8 heteroatoms. The number of nitrogens with one attached hydrogen (secondary N) is 2. The highest BCUT2D eigenvalue weighted by atomic mass is 19.3. The van der Waals surface area contributed by atoms with E-state index in [0.29, 0.717) is 5.69 Å². The van der Waals surface area contributed by atoms with Gasteiger partial charge >= 0.3 is 6.09 Å². The van der Waals surface area contributed by atoms with Crippen LogP contribution in [0.5, 0.6) is 0 Å². The molecule has 1 saturated carbocycles. The predicted octanol–water partition coefficient (Wildman–Crippen LogP) is 1.91. The molecule has 0 saturated heterocycles. The molecule has 1 aliphatic rings. The number of aromatic nitrogens is 3. The minimum atomic E-state index is -2.72.